The lowest BCUT2D eigenvalue weighted by Crippen LogP contribution is -2.46. The number of carbonyl (C=O) groups is 1. The van der Waals surface area contributed by atoms with Gasteiger partial charge >= 0.3 is 6.03 Å². The SMILES string of the molecule is Cc1cc(F)ccc1NC(=O)NC1CCCCC1O. The Balaban J connectivity index is 1.93. The second-order valence-electron chi connectivity index (χ2n) is 5.02. The van der Waals surface area contributed by atoms with Crippen molar-refractivity contribution in [2.45, 2.75) is 44.8 Å². The van der Waals surface area contributed by atoms with Gasteiger partial charge in [-0.2, -0.15) is 0 Å². The van der Waals surface area contributed by atoms with Gasteiger partial charge in [-0.05, 0) is 43.5 Å². The minimum Gasteiger partial charge on any atom is -0.391 e. The highest BCUT2D eigenvalue weighted by atomic mass is 19.1. The number of benzene rings is 1. The molecule has 0 spiro atoms. The van der Waals surface area contributed by atoms with Crippen LogP contribution in [0.1, 0.15) is 31.2 Å². The zero-order chi connectivity index (χ0) is 13.8. The zero-order valence-corrected chi connectivity index (χ0v) is 10.9. The molecule has 104 valence electrons. The molecule has 0 saturated heterocycles. The number of nitrogens with one attached hydrogen (secondary N) is 2. The van der Waals surface area contributed by atoms with Crippen molar-refractivity contribution < 1.29 is 14.3 Å². The van der Waals surface area contributed by atoms with Crippen molar-refractivity contribution >= 4 is 11.7 Å². The van der Waals surface area contributed by atoms with Crippen molar-refractivity contribution in [3.63, 3.8) is 0 Å². The highest BCUT2D eigenvalue weighted by molar-refractivity contribution is 5.90. The second-order valence-corrected chi connectivity index (χ2v) is 5.02. The molecule has 1 aromatic rings. The molecular weight excluding hydrogens is 247 g/mol. The number of rotatable bonds is 2. The number of aryl methyl sites for hydroxylation is 1. The number of hydrogen-bond donors (Lipinski definition) is 3. The first kappa shape index (κ1) is 13.8. The lowest BCUT2D eigenvalue weighted by molar-refractivity contribution is 0.0955. The van der Waals surface area contributed by atoms with E-state index in [1.165, 1.54) is 18.2 Å². The standard InChI is InChI=1S/C14H19FN2O2/c1-9-8-10(15)6-7-11(9)16-14(19)17-12-4-2-3-5-13(12)18/h6-8,12-13,18H,2-5H2,1H3,(H2,16,17,19). The van der Waals surface area contributed by atoms with Gasteiger partial charge in [-0.15, -0.1) is 0 Å². The largest absolute Gasteiger partial charge is 0.391 e. The maximum absolute atomic E-state index is 12.9. The van der Waals surface area contributed by atoms with Crippen LogP contribution < -0.4 is 10.6 Å². The van der Waals surface area contributed by atoms with Crippen LogP contribution in [-0.2, 0) is 0 Å². The van der Waals surface area contributed by atoms with E-state index in [-0.39, 0.29) is 17.9 Å². The molecule has 0 aliphatic heterocycles. The monoisotopic (exact) mass is 266 g/mol. The van der Waals surface area contributed by atoms with Gasteiger partial charge in [0, 0.05) is 5.69 Å². The zero-order valence-electron chi connectivity index (χ0n) is 10.9. The number of amides is 2. The number of hydrogen-bond acceptors (Lipinski definition) is 2. The summed E-state index contributed by atoms with van der Waals surface area (Å²) in [6.07, 6.45) is 3.04. The molecule has 3 N–H and O–H groups in total. The maximum atomic E-state index is 12.9. The molecule has 2 amide bonds. The molecule has 2 atom stereocenters. The average molecular weight is 266 g/mol. The van der Waals surface area contributed by atoms with Crippen molar-refractivity contribution in [2.24, 2.45) is 0 Å². The molecule has 2 rings (SSSR count). The Bertz CT molecular complexity index is 465. The highest BCUT2D eigenvalue weighted by Gasteiger charge is 2.24. The molecule has 19 heavy (non-hydrogen) atoms. The van der Waals surface area contributed by atoms with E-state index in [2.05, 4.69) is 10.6 Å². The third-order valence-electron chi connectivity index (χ3n) is 3.48. The van der Waals surface area contributed by atoms with Crippen molar-refractivity contribution in [3.05, 3.63) is 29.6 Å². The first-order chi connectivity index (χ1) is 9.06. The number of aliphatic hydroxyl groups is 1. The van der Waals surface area contributed by atoms with Gasteiger partial charge in [0.15, 0.2) is 0 Å². The van der Waals surface area contributed by atoms with Gasteiger partial charge in [0.25, 0.3) is 0 Å². The Morgan fingerprint density at radius 2 is 2.11 bits per heavy atom. The molecule has 0 radical (unpaired) electrons. The van der Waals surface area contributed by atoms with E-state index in [1.54, 1.807) is 6.92 Å². The topological polar surface area (TPSA) is 61.4 Å². The Labute approximate surface area is 112 Å². The molecular formula is C14H19FN2O2. The van der Waals surface area contributed by atoms with E-state index in [4.69, 9.17) is 0 Å². The van der Waals surface area contributed by atoms with Gasteiger partial charge in [0.2, 0.25) is 0 Å². The van der Waals surface area contributed by atoms with Gasteiger partial charge in [-0.3, -0.25) is 0 Å². The van der Waals surface area contributed by atoms with Crippen LogP contribution >= 0.6 is 0 Å². The number of aliphatic hydroxyl groups excluding tert-OH is 1. The minimum absolute atomic E-state index is 0.200. The van der Waals surface area contributed by atoms with Crippen LogP contribution in [0.25, 0.3) is 0 Å². The normalized spacial score (nSPS) is 22.9. The maximum Gasteiger partial charge on any atom is 0.319 e. The summed E-state index contributed by atoms with van der Waals surface area (Å²) in [5.74, 6) is -0.328. The minimum atomic E-state index is -0.478. The molecule has 2 unspecified atom stereocenters. The fraction of sp³-hybridized carbons (Fsp3) is 0.500. The lowest BCUT2D eigenvalue weighted by Gasteiger charge is -2.28. The molecule has 0 aromatic heterocycles. The smallest absolute Gasteiger partial charge is 0.319 e. The lowest BCUT2D eigenvalue weighted by atomic mass is 9.93. The van der Waals surface area contributed by atoms with Crippen molar-refractivity contribution in [2.75, 3.05) is 5.32 Å². The van der Waals surface area contributed by atoms with E-state index in [0.717, 1.165) is 25.7 Å². The third kappa shape index (κ3) is 3.67. The van der Waals surface area contributed by atoms with E-state index in [9.17, 15) is 14.3 Å². The summed E-state index contributed by atoms with van der Waals surface area (Å²) in [7, 11) is 0. The van der Waals surface area contributed by atoms with Crippen molar-refractivity contribution in [3.8, 4) is 0 Å². The molecule has 1 fully saturated rings. The second kappa shape index (κ2) is 6.02. The van der Waals surface area contributed by atoms with E-state index in [0.29, 0.717) is 11.3 Å². The summed E-state index contributed by atoms with van der Waals surface area (Å²) in [5.41, 5.74) is 1.24. The Kier molecular flexibility index (Phi) is 4.37. The van der Waals surface area contributed by atoms with Crippen molar-refractivity contribution in [1.82, 2.24) is 5.32 Å². The molecule has 0 heterocycles. The van der Waals surface area contributed by atoms with Crippen LogP contribution in [0, 0.1) is 12.7 Å². The fourth-order valence-corrected chi connectivity index (χ4v) is 2.37. The summed E-state index contributed by atoms with van der Waals surface area (Å²) in [6, 6.07) is 3.64. The van der Waals surface area contributed by atoms with Crippen molar-refractivity contribution in [1.29, 1.82) is 0 Å². The first-order valence-corrected chi connectivity index (χ1v) is 6.58. The summed E-state index contributed by atoms with van der Waals surface area (Å²) >= 11 is 0. The van der Waals surface area contributed by atoms with Crippen LogP contribution in [-0.4, -0.2) is 23.3 Å². The summed E-state index contributed by atoms with van der Waals surface area (Å²) in [4.78, 5) is 11.8. The third-order valence-corrected chi connectivity index (χ3v) is 3.48. The summed E-state index contributed by atoms with van der Waals surface area (Å²) in [5, 5.41) is 15.2. The number of anilines is 1. The molecule has 1 saturated carbocycles. The highest BCUT2D eigenvalue weighted by Crippen LogP contribution is 2.19. The van der Waals surface area contributed by atoms with E-state index >= 15 is 0 Å². The quantitative estimate of drug-likeness (QED) is 0.770. The van der Waals surface area contributed by atoms with Crippen LogP contribution in [0.2, 0.25) is 0 Å². The predicted octanol–water partition coefficient (Wildman–Crippen LogP) is 2.56. The van der Waals surface area contributed by atoms with Crippen LogP contribution in [0.4, 0.5) is 14.9 Å². The van der Waals surface area contributed by atoms with E-state index in [1.807, 2.05) is 0 Å². The number of urea groups is 1. The molecule has 4 nitrogen and oxygen atoms in total. The Morgan fingerprint density at radius 3 is 2.79 bits per heavy atom. The van der Waals surface area contributed by atoms with Gasteiger partial charge in [-0.25, -0.2) is 9.18 Å². The predicted molar refractivity (Wildman–Crippen MR) is 71.6 cm³/mol. The fourth-order valence-electron chi connectivity index (χ4n) is 2.37. The van der Waals surface area contributed by atoms with Gasteiger partial charge in [0.05, 0.1) is 12.1 Å². The van der Waals surface area contributed by atoms with Gasteiger partial charge < -0.3 is 15.7 Å². The van der Waals surface area contributed by atoms with Gasteiger partial charge in [0.1, 0.15) is 5.82 Å². The van der Waals surface area contributed by atoms with E-state index < -0.39 is 6.10 Å². The molecule has 5 heteroatoms. The van der Waals surface area contributed by atoms with Gasteiger partial charge in [-0.1, -0.05) is 12.8 Å². The van der Waals surface area contributed by atoms with Crippen LogP contribution in [0.3, 0.4) is 0 Å². The molecule has 1 aromatic carbocycles. The Hall–Kier alpha value is -1.62. The first-order valence-electron chi connectivity index (χ1n) is 6.58. The summed E-state index contributed by atoms with van der Waals surface area (Å²) < 4.78 is 12.9. The number of halogens is 1. The molecule has 1 aliphatic rings. The average Bonchev–Trinajstić information content (AvgIpc) is 2.36. The summed E-state index contributed by atoms with van der Waals surface area (Å²) in [6.45, 7) is 1.73. The molecule has 0 bridgehead atoms. The number of carbonyl (C=O) groups excluding carboxylic acids is 1. The Morgan fingerprint density at radius 1 is 1.37 bits per heavy atom. The van der Waals surface area contributed by atoms with Crippen LogP contribution in [0.5, 0.6) is 0 Å². The molecule has 1 aliphatic carbocycles. The van der Waals surface area contributed by atoms with Crippen LogP contribution in [0.15, 0.2) is 18.2 Å².